The van der Waals surface area contributed by atoms with Crippen molar-refractivity contribution in [1.82, 2.24) is 14.8 Å². The quantitative estimate of drug-likeness (QED) is 0.708. The molecule has 0 unspecified atom stereocenters. The Morgan fingerprint density at radius 2 is 1.89 bits per heavy atom. The van der Waals surface area contributed by atoms with Gasteiger partial charge in [0.1, 0.15) is 0 Å². The number of hydrogen-bond donors (Lipinski definition) is 2. The van der Waals surface area contributed by atoms with Gasteiger partial charge in [-0.15, -0.1) is 0 Å². The minimum Gasteiger partial charge on any atom is -0.478 e. The van der Waals surface area contributed by atoms with Gasteiger partial charge in [-0.1, -0.05) is 30.3 Å². The zero-order chi connectivity index (χ0) is 19.5. The molecule has 1 aliphatic carbocycles. The highest BCUT2D eigenvalue weighted by atomic mass is 16.4. The predicted molar refractivity (Wildman–Crippen MR) is 107 cm³/mol. The Kier molecular flexibility index (Phi) is 5.21. The Morgan fingerprint density at radius 3 is 2.61 bits per heavy atom. The normalized spacial score (nSPS) is 19.5. The van der Waals surface area contributed by atoms with E-state index in [9.17, 15) is 9.90 Å². The molecule has 3 aromatic rings. The zero-order valence-corrected chi connectivity index (χ0v) is 15.7. The van der Waals surface area contributed by atoms with Gasteiger partial charge in [-0.2, -0.15) is 5.10 Å². The first kappa shape index (κ1) is 18.4. The second-order valence-corrected chi connectivity index (χ2v) is 7.41. The van der Waals surface area contributed by atoms with E-state index in [4.69, 9.17) is 10.8 Å². The van der Waals surface area contributed by atoms with Crippen molar-refractivity contribution in [2.75, 3.05) is 0 Å². The fourth-order valence-corrected chi connectivity index (χ4v) is 3.95. The van der Waals surface area contributed by atoms with E-state index in [-0.39, 0.29) is 17.6 Å². The number of aromatic nitrogens is 3. The van der Waals surface area contributed by atoms with Crippen LogP contribution in [0, 0.1) is 0 Å². The van der Waals surface area contributed by atoms with E-state index in [0.717, 1.165) is 42.6 Å². The van der Waals surface area contributed by atoms with Crippen LogP contribution in [0.2, 0.25) is 0 Å². The maximum atomic E-state index is 11.6. The van der Waals surface area contributed by atoms with Gasteiger partial charge in [0.05, 0.1) is 17.3 Å². The van der Waals surface area contributed by atoms with Crippen LogP contribution in [0.5, 0.6) is 0 Å². The van der Waals surface area contributed by atoms with Crippen molar-refractivity contribution in [3.05, 3.63) is 71.7 Å². The summed E-state index contributed by atoms with van der Waals surface area (Å²) in [7, 11) is 0. The second kappa shape index (κ2) is 7.94. The zero-order valence-electron chi connectivity index (χ0n) is 15.7. The molecule has 2 heterocycles. The molecule has 1 fully saturated rings. The van der Waals surface area contributed by atoms with Crippen molar-refractivity contribution < 1.29 is 9.90 Å². The lowest BCUT2D eigenvalue weighted by atomic mass is 9.91. The van der Waals surface area contributed by atoms with Crippen LogP contribution in [0.1, 0.15) is 53.3 Å². The van der Waals surface area contributed by atoms with Gasteiger partial charge in [-0.05, 0) is 43.4 Å². The van der Waals surface area contributed by atoms with Crippen molar-refractivity contribution in [1.29, 1.82) is 0 Å². The molecule has 0 bridgehead atoms. The average Bonchev–Trinajstić information content (AvgIpc) is 3.13. The van der Waals surface area contributed by atoms with Gasteiger partial charge in [0.25, 0.3) is 0 Å². The Balaban J connectivity index is 1.72. The second-order valence-electron chi connectivity index (χ2n) is 7.41. The molecule has 1 aromatic carbocycles. The Bertz CT molecular complexity index is 960. The van der Waals surface area contributed by atoms with Crippen LogP contribution < -0.4 is 5.73 Å². The third-order valence-electron chi connectivity index (χ3n) is 5.48. The van der Waals surface area contributed by atoms with Gasteiger partial charge in [0.2, 0.25) is 0 Å². The number of pyridine rings is 1. The van der Waals surface area contributed by atoms with Gasteiger partial charge < -0.3 is 10.8 Å². The van der Waals surface area contributed by atoms with E-state index < -0.39 is 5.97 Å². The van der Waals surface area contributed by atoms with Crippen molar-refractivity contribution in [3.63, 3.8) is 0 Å². The molecule has 0 atom stereocenters. The van der Waals surface area contributed by atoms with Gasteiger partial charge in [-0.3, -0.25) is 9.67 Å². The van der Waals surface area contributed by atoms with Crippen LogP contribution in [0.25, 0.3) is 11.3 Å². The average molecular weight is 376 g/mol. The Morgan fingerprint density at radius 1 is 1.14 bits per heavy atom. The third-order valence-corrected chi connectivity index (χ3v) is 5.48. The highest BCUT2D eigenvalue weighted by Gasteiger charge is 2.24. The van der Waals surface area contributed by atoms with Gasteiger partial charge in [0, 0.05) is 36.1 Å². The third kappa shape index (κ3) is 3.82. The van der Waals surface area contributed by atoms with Crippen LogP contribution >= 0.6 is 0 Å². The summed E-state index contributed by atoms with van der Waals surface area (Å²) in [6.45, 7) is 0. The molecule has 1 aliphatic rings. The highest BCUT2D eigenvalue weighted by molar-refractivity contribution is 5.89. The summed E-state index contributed by atoms with van der Waals surface area (Å²) in [5, 5.41) is 14.4. The number of nitrogens with two attached hydrogens (primary N) is 1. The number of carboxylic acids is 1. The molecule has 28 heavy (non-hydrogen) atoms. The molecule has 3 N–H and O–H groups in total. The molecule has 6 heteroatoms. The molecule has 0 saturated heterocycles. The molecule has 144 valence electrons. The molecule has 6 nitrogen and oxygen atoms in total. The summed E-state index contributed by atoms with van der Waals surface area (Å²) in [4.78, 5) is 15.7. The first-order chi connectivity index (χ1) is 13.6. The standard InChI is InChI=1S/C22H24N4O2/c23-17-6-8-18(9-7-17)26-19(12-16-14-24-11-10-20(16)22(27)28)13-21(25-26)15-4-2-1-3-5-15/h1-5,10-11,13-14,17-18H,6-9,12,23H2,(H,27,28). The van der Waals surface area contributed by atoms with Crippen molar-refractivity contribution in [2.24, 2.45) is 5.73 Å². The van der Waals surface area contributed by atoms with Crippen LogP contribution in [0.3, 0.4) is 0 Å². The maximum Gasteiger partial charge on any atom is 0.336 e. The summed E-state index contributed by atoms with van der Waals surface area (Å²) in [5.41, 5.74) is 10.0. The first-order valence-electron chi connectivity index (χ1n) is 9.67. The number of carboxylic acid groups (broad SMARTS) is 1. The smallest absolute Gasteiger partial charge is 0.336 e. The van der Waals surface area contributed by atoms with E-state index in [2.05, 4.69) is 15.7 Å². The van der Waals surface area contributed by atoms with Crippen molar-refractivity contribution >= 4 is 5.97 Å². The summed E-state index contributed by atoms with van der Waals surface area (Å²) in [6, 6.07) is 14.2. The molecule has 0 amide bonds. The number of benzene rings is 1. The molecule has 0 spiro atoms. The lowest BCUT2D eigenvalue weighted by molar-refractivity contribution is 0.0695. The fourth-order valence-electron chi connectivity index (χ4n) is 3.95. The summed E-state index contributed by atoms with van der Waals surface area (Å²) in [6.07, 6.45) is 7.58. The number of aromatic carboxylic acids is 1. The van der Waals surface area contributed by atoms with E-state index in [1.807, 2.05) is 30.3 Å². The van der Waals surface area contributed by atoms with Gasteiger partial charge >= 0.3 is 5.97 Å². The van der Waals surface area contributed by atoms with Crippen molar-refractivity contribution in [2.45, 2.75) is 44.2 Å². The fraction of sp³-hybridized carbons (Fsp3) is 0.318. The molecule has 0 radical (unpaired) electrons. The maximum absolute atomic E-state index is 11.6. The number of nitrogens with zero attached hydrogens (tertiary/aromatic N) is 3. The van der Waals surface area contributed by atoms with Crippen LogP contribution in [-0.2, 0) is 6.42 Å². The van der Waals surface area contributed by atoms with E-state index in [0.29, 0.717) is 12.0 Å². The highest BCUT2D eigenvalue weighted by Crippen LogP contribution is 2.31. The molecule has 1 saturated carbocycles. The Hall–Kier alpha value is -2.99. The van der Waals surface area contributed by atoms with Gasteiger partial charge in [0.15, 0.2) is 0 Å². The summed E-state index contributed by atoms with van der Waals surface area (Å²) >= 11 is 0. The van der Waals surface area contributed by atoms with E-state index >= 15 is 0 Å². The lowest BCUT2D eigenvalue weighted by Gasteiger charge is -2.27. The van der Waals surface area contributed by atoms with Gasteiger partial charge in [-0.25, -0.2) is 4.79 Å². The van der Waals surface area contributed by atoms with Crippen LogP contribution in [0.4, 0.5) is 0 Å². The molecule has 4 rings (SSSR count). The topological polar surface area (TPSA) is 94.0 Å². The predicted octanol–water partition coefficient (Wildman–Crippen LogP) is 3.68. The van der Waals surface area contributed by atoms with Crippen molar-refractivity contribution in [3.8, 4) is 11.3 Å². The minimum absolute atomic E-state index is 0.265. The number of rotatable bonds is 5. The minimum atomic E-state index is -0.935. The van der Waals surface area contributed by atoms with E-state index in [1.54, 1.807) is 12.3 Å². The van der Waals surface area contributed by atoms with E-state index in [1.165, 1.54) is 6.20 Å². The summed E-state index contributed by atoms with van der Waals surface area (Å²) in [5.74, 6) is -0.935. The molecular weight excluding hydrogens is 352 g/mol. The monoisotopic (exact) mass is 376 g/mol. The molecule has 2 aromatic heterocycles. The summed E-state index contributed by atoms with van der Waals surface area (Å²) < 4.78 is 2.09. The lowest BCUT2D eigenvalue weighted by Crippen LogP contribution is -2.29. The molecular formula is C22H24N4O2. The van der Waals surface area contributed by atoms with Crippen LogP contribution in [-0.4, -0.2) is 31.9 Å². The van der Waals surface area contributed by atoms with Crippen LogP contribution in [0.15, 0.2) is 54.9 Å². The number of hydrogen-bond acceptors (Lipinski definition) is 4. The largest absolute Gasteiger partial charge is 0.478 e. The number of carbonyl (C=O) groups is 1. The molecule has 0 aliphatic heterocycles. The Labute approximate surface area is 164 Å². The first-order valence-corrected chi connectivity index (χ1v) is 9.67. The SMILES string of the molecule is NC1CCC(n2nc(-c3ccccc3)cc2Cc2cnccc2C(=O)O)CC1.